The zero-order chi connectivity index (χ0) is 28.3. The van der Waals surface area contributed by atoms with E-state index >= 15 is 0 Å². The molecular formula is C24H22BrN3O9S2. The fourth-order valence-corrected chi connectivity index (χ4v) is 6.41. The third kappa shape index (κ3) is 6.42. The number of hydrogen-bond acceptors (Lipinski definition) is 10. The number of hydrogen-bond donors (Lipinski definition) is 0. The van der Waals surface area contributed by atoms with Crippen molar-refractivity contribution in [2.75, 3.05) is 26.7 Å². The van der Waals surface area contributed by atoms with Crippen molar-refractivity contribution < 1.29 is 36.6 Å². The largest absolute Gasteiger partial charge is 0.493 e. The number of nitro groups is 1. The summed E-state index contributed by atoms with van der Waals surface area (Å²) in [6, 6.07) is 7.06. The van der Waals surface area contributed by atoms with E-state index in [9.17, 15) is 32.9 Å². The molecule has 12 nitrogen and oxygen atoms in total. The zero-order valence-corrected chi connectivity index (χ0v) is 23.7. The summed E-state index contributed by atoms with van der Waals surface area (Å²) in [7, 11) is -3.10. The Balaban J connectivity index is 1.54. The number of benzene rings is 2. The molecule has 2 aliphatic rings. The maximum atomic E-state index is 12.9. The van der Waals surface area contributed by atoms with Crippen molar-refractivity contribution in [1.82, 2.24) is 9.80 Å². The van der Waals surface area contributed by atoms with E-state index in [1.165, 1.54) is 25.3 Å². The number of non-ortho nitro benzene ring substituents is 1. The number of nitro benzene ring substituents is 1. The first-order valence-electron chi connectivity index (χ1n) is 11.6. The fourth-order valence-electron chi connectivity index (χ4n) is 3.96. The highest BCUT2D eigenvalue weighted by molar-refractivity contribution is 9.10. The van der Waals surface area contributed by atoms with Gasteiger partial charge in [-0.15, -0.1) is 0 Å². The third-order valence-electron chi connectivity index (χ3n) is 5.95. The number of rotatable bonds is 8. The number of likely N-dealkylation sites (tertiary alicyclic amines) is 1. The Morgan fingerprint density at radius 3 is 2.44 bits per heavy atom. The molecule has 4 rings (SSSR count). The fraction of sp³-hybridized carbons (Fsp3) is 0.292. The monoisotopic (exact) mass is 639 g/mol. The number of piperidine rings is 1. The van der Waals surface area contributed by atoms with Gasteiger partial charge in [0.2, 0.25) is 5.91 Å². The summed E-state index contributed by atoms with van der Waals surface area (Å²) in [5.74, 6) is -1.07. The molecular weight excluding hydrogens is 618 g/mol. The summed E-state index contributed by atoms with van der Waals surface area (Å²) < 4.78 is 36.3. The van der Waals surface area contributed by atoms with Crippen molar-refractivity contribution in [2.24, 2.45) is 0 Å². The first-order chi connectivity index (χ1) is 18.5. The molecule has 39 heavy (non-hydrogen) atoms. The molecule has 0 N–H and O–H groups in total. The second-order valence-corrected chi connectivity index (χ2v) is 11.9. The van der Waals surface area contributed by atoms with Crippen LogP contribution in [0.2, 0.25) is 0 Å². The van der Waals surface area contributed by atoms with Crippen LogP contribution in [-0.2, 0) is 19.7 Å². The van der Waals surface area contributed by atoms with Crippen molar-refractivity contribution >= 4 is 66.6 Å². The summed E-state index contributed by atoms with van der Waals surface area (Å²) in [5, 5.41) is 10.3. The topological polar surface area (TPSA) is 153 Å². The van der Waals surface area contributed by atoms with Crippen molar-refractivity contribution in [3.05, 3.63) is 61.5 Å². The Labute approximate surface area is 236 Å². The van der Waals surface area contributed by atoms with Gasteiger partial charge in [0.1, 0.15) is 11.4 Å². The van der Waals surface area contributed by atoms with Crippen LogP contribution in [0.4, 0.5) is 10.5 Å². The molecule has 0 spiro atoms. The Hall–Kier alpha value is -3.43. The van der Waals surface area contributed by atoms with Gasteiger partial charge < -0.3 is 13.8 Å². The lowest BCUT2D eigenvalue weighted by atomic mass is 10.1. The van der Waals surface area contributed by atoms with E-state index in [1.54, 1.807) is 4.90 Å². The molecule has 2 saturated heterocycles. The molecule has 2 aromatic rings. The molecule has 2 heterocycles. The summed E-state index contributed by atoms with van der Waals surface area (Å²) in [5.41, 5.74) is 0.115. The van der Waals surface area contributed by atoms with Gasteiger partial charge in [-0.25, -0.2) is 0 Å². The number of ether oxygens (including phenoxy) is 1. The molecule has 0 saturated carbocycles. The van der Waals surface area contributed by atoms with E-state index in [4.69, 9.17) is 8.92 Å². The van der Waals surface area contributed by atoms with Crippen LogP contribution in [-0.4, -0.2) is 66.9 Å². The van der Waals surface area contributed by atoms with Crippen LogP contribution in [0.1, 0.15) is 24.8 Å². The second kappa shape index (κ2) is 11.8. The molecule has 2 aliphatic heterocycles. The number of imide groups is 1. The Morgan fingerprint density at radius 1 is 1.15 bits per heavy atom. The molecule has 15 heteroatoms. The lowest BCUT2D eigenvalue weighted by molar-refractivity contribution is -0.384. The summed E-state index contributed by atoms with van der Waals surface area (Å²) in [6.07, 6.45) is 4.25. The maximum Gasteiger partial charge on any atom is 0.339 e. The highest BCUT2D eigenvalue weighted by Crippen LogP contribution is 2.40. The van der Waals surface area contributed by atoms with E-state index in [0.717, 1.165) is 48.4 Å². The quantitative estimate of drug-likeness (QED) is 0.178. The normalized spacial score (nSPS) is 17.0. The molecule has 0 unspecified atom stereocenters. The van der Waals surface area contributed by atoms with Gasteiger partial charge in [0.25, 0.3) is 16.8 Å². The summed E-state index contributed by atoms with van der Waals surface area (Å²) in [6.45, 7) is 0.877. The number of halogens is 1. The van der Waals surface area contributed by atoms with E-state index in [0.29, 0.717) is 30.4 Å². The minimum Gasteiger partial charge on any atom is -0.493 e. The van der Waals surface area contributed by atoms with Crippen LogP contribution >= 0.6 is 27.7 Å². The van der Waals surface area contributed by atoms with Crippen molar-refractivity contribution in [1.29, 1.82) is 0 Å². The van der Waals surface area contributed by atoms with Gasteiger partial charge in [0, 0.05) is 25.2 Å². The minimum absolute atomic E-state index is 0.000571. The average Bonchev–Trinajstić information content (AvgIpc) is 3.17. The van der Waals surface area contributed by atoms with Crippen LogP contribution in [0.25, 0.3) is 6.08 Å². The predicted molar refractivity (Wildman–Crippen MR) is 145 cm³/mol. The van der Waals surface area contributed by atoms with Crippen molar-refractivity contribution in [2.45, 2.75) is 24.2 Å². The number of thioether (sulfide) groups is 1. The van der Waals surface area contributed by atoms with Gasteiger partial charge in [0.15, 0.2) is 11.5 Å². The summed E-state index contributed by atoms with van der Waals surface area (Å²) >= 11 is 3.95. The van der Waals surface area contributed by atoms with E-state index < -0.39 is 26.2 Å². The van der Waals surface area contributed by atoms with Crippen LogP contribution in [0.5, 0.6) is 11.5 Å². The minimum atomic E-state index is -4.38. The highest BCUT2D eigenvalue weighted by atomic mass is 79.9. The third-order valence-corrected chi connectivity index (χ3v) is 8.69. The molecule has 0 bridgehead atoms. The predicted octanol–water partition coefficient (Wildman–Crippen LogP) is 4.18. The smallest absolute Gasteiger partial charge is 0.339 e. The van der Waals surface area contributed by atoms with Gasteiger partial charge in [-0.2, -0.15) is 8.42 Å². The molecule has 2 aromatic carbocycles. The van der Waals surface area contributed by atoms with Gasteiger partial charge in [0.05, 0.1) is 21.4 Å². The lowest BCUT2D eigenvalue weighted by Crippen LogP contribution is -2.44. The van der Waals surface area contributed by atoms with Gasteiger partial charge >= 0.3 is 10.1 Å². The number of methoxy groups -OCH3 is 1. The summed E-state index contributed by atoms with van der Waals surface area (Å²) in [4.78, 5) is 50.5. The number of amides is 3. The average molecular weight is 640 g/mol. The second-order valence-electron chi connectivity index (χ2n) is 8.53. The number of carbonyl (C=O) groups is 3. The number of carbonyl (C=O) groups excluding carboxylic acids is 3. The Bertz CT molecular complexity index is 1470. The molecule has 206 valence electrons. The van der Waals surface area contributed by atoms with Crippen molar-refractivity contribution in [3.8, 4) is 11.5 Å². The maximum absolute atomic E-state index is 12.9. The molecule has 0 aliphatic carbocycles. The van der Waals surface area contributed by atoms with E-state index in [1.807, 2.05) is 0 Å². The Morgan fingerprint density at radius 2 is 1.82 bits per heavy atom. The molecule has 3 amide bonds. The van der Waals surface area contributed by atoms with Crippen LogP contribution in [0.3, 0.4) is 0 Å². The van der Waals surface area contributed by atoms with Gasteiger partial charge in [-0.1, -0.05) is 0 Å². The SMILES string of the molecule is COc1cc(/C=C2\SC(=O)N(CC(=O)N3CCCCC3)C2=O)cc(Br)c1OS(=O)(=O)c1ccc([N+](=O)[O-])cc1. The zero-order valence-electron chi connectivity index (χ0n) is 20.5. The highest BCUT2D eigenvalue weighted by Gasteiger charge is 2.37. The standard InChI is InChI=1S/C24H22BrN3O9S2/c1-36-19-12-15(11-18(25)22(19)37-39(34,35)17-7-5-16(6-8-17)28(32)33)13-20-23(30)27(24(31)38-20)14-21(29)26-9-3-2-4-10-26/h5-8,11-13H,2-4,9-10,14H2,1H3/b20-13-. The number of nitrogens with zero attached hydrogens (tertiary/aromatic N) is 3. The molecule has 0 aromatic heterocycles. The van der Waals surface area contributed by atoms with Crippen LogP contribution in [0.15, 0.2) is 50.7 Å². The molecule has 2 fully saturated rings. The van der Waals surface area contributed by atoms with Gasteiger partial charge in [-0.05, 0) is 82.9 Å². The molecule has 0 radical (unpaired) electrons. The first kappa shape index (κ1) is 28.6. The van der Waals surface area contributed by atoms with Crippen LogP contribution < -0.4 is 8.92 Å². The Kier molecular flexibility index (Phi) is 8.61. The van der Waals surface area contributed by atoms with Crippen molar-refractivity contribution in [3.63, 3.8) is 0 Å². The van der Waals surface area contributed by atoms with Crippen LogP contribution in [0, 0.1) is 10.1 Å². The van der Waals surface area contributed by atoms with Gasteiger partial charge in [-0.3, -0.25) is 29.4 Å². The van der Waals surface area contributed by atoms with E-state index in [2.05, 4.69) is 15.9 Å². The molecule has 0 atom stereocenters. The first-order valence-corrected chi connectivity index (χ1v) is 14.6. The van der Waals surface area contributed by atoms with E-state index in [-0.39, 0.29) is 43.9 Å². The lowest BCUT2D eigenvalue weighted by Gasteiger charge is -2.27.